The largest absolute Gasteiger partial charge is 0.416 e. The maximum atomic E-state index is 13.2. The third-order valence-corrected chi connectivity index (χ3v) is 9.27. The van der Waals surface area contributed by atoms with Crippen molar-refractivity contribution < 1.29 is 26.0 Å². The Morgan fingerprint density at radius 3 is 2.38 bits per heavy atom. The standard InChI is InChI=1S/C29H31F4NO2S/c1-20(21(2)23-6-9-27(30)10-7-23)19-37(35,36)28-11-8-25-18-34(15-13-24(25)17-28)14-12-22-4-3-5-26(16-22)29(31,32)33/h3-11,16-17,20-21H,12-15,18-19H2,1-2H3/t20-,21?/m1/s1. The topological polar surface area (TPSA) is 37.4 Å². The van der Waals surface area contributed by atoms with Gasteiger partial charge in [0.15, 0.2) is 9.84 Å². The van der Waals surface area contributed by atoms with E-state index in [1.54, 1.807) is 30.3 Å². The van der Waals surface area contributed by atoms with Crippen LogP contribution < -0.4 is 0 Å². The van der Waals surface area contributed by atoms with Crippen LogP contribution in [0.4, 0.5) is 17.6 Å². The molecule has 0 aliphatic carbocycles. The highest BCUT2D eigenvalue weighted by Crippen LogP contribution is 2.31. The molecule has 0 spiro atoms. The Labute approximate surface area is 216 Å². The van der Waals surface area contributed by atoms with Crippen LogP contribution in [0.25, 0.3) is 0 Å². The Bertz CT molecular complexity index is 1340. The Morgan fingerprint density at radius 1 is 0.946 bits per heavy atom. The summed E-state index contributed by atoms with van der Waals surface area (Å²) in [6.45, 7) is 5.82. The van der Waals surface area contributed by atoms with Crippen molar-refractivity contribution in [2.24, 2.45) is 5.92 Å². The third kappa shape index (κ3) is 6.79. The van der Waals surface area contributed by atoms with E-state index in [2.05, 4.69) is 4.90 Å². The summed E-state index contributed by atoms with van der Waals surface area (Å²) in [5, 5.41) is 0. The zero-order chi connectivity index (χ0) is 26.8. The van der Waals surface area contributed by atoms with Crippen molar-refractivity contribution in [3.63, 3.8) is 0 Å². The Kier molecular flexibility index (Phi) is 8.09. The average molecular weight is 534 g/mol. The normalized spacial score (nSPS) is 16.3. The summed E-state index contributed by atoms with van der Waals surface area (Å²) in [5.74, 6) is -0.524. The van der Waals surface area contributed by atoms with Crippen molar-refractivity contribution in [1.82, 2.24) is 4.90 Å². The lowest BCUT2D eigenvalue weighted by Gasteiger charge is -2.29. The van der Waals surface area contributed by atoms with Crippen molar-refractivity contribution >= 4 is 9.84 Å². The molecule has 3 aromatic carbocycles. The predicted octanol–water partition coefficient (Wildman–Crippen LogP) is 6.66. The molecule has 3 aromatic rings. The maximum Gasteiger partial charge on any atom is 0.416 e. The summed E-state index contributed by atoms with van der Waals surface area (Å²) in [7, 11) is -3.51. The van der Waals surface area contributed by atoms with Crippen LogP contribution in [0.3, 0.4) is 0 Å². The van der Waals surface area contributed by atoms with Gasteiger partial charge in [-0.15, -0.1) is 0 Å². The SMILES string of the molecule is CC(c1ccc(F)cc1)[C@H](C)CS(=O)(=O)c1ccc2c(c1)CCN(CCc1cccc(C(F)(F)F)c1)C2. The molecule has 0 amide bonds. The molecule has 0 aromatic heterocycles. The van der Waals surface area contributed by atoms with E-state index in [9.17, 15) is 26.0 Å². The molecule has 37 heavy (non-hydrogen) atoms. The monoisotopic (exact) mass is 533 g/mol. The first kappa shape index (κ1) is 27.3. The number of halogens is 4. The van der Waals surface area contributed by atoms with Gasteiger partial charge in [0.25, 0.3) is 0 Å². The van der Waals surface area contributed by atoms with Crippen LogP contribution in [0.2, 0.25) is 0 Å². The van der Waals surface area contributed by atoms with E-state index in [1.807, 2.05) is 19.9 Å². The van der Waals surface area contributed by atoms with E-state index in [1.165, 1.54) is 24.3 Å². The molecule has 0 N–H and O–H groups in total. The fourth-order valence-corrected chi connectivity index (χ4v) is 6.61. The highest BCUT2D eigenvalue weighted by molar-refractivity contribution is 7.91. The van der Waals surface area contributed by atoms with Crippen LogP contribution in [0.5, 0.6) is 0 Å². The van der Waals surface area contributed by atoms with Crippen molar-refractivity contribution in [1.29, 1.82) is 0 Å². The van der Waals surface area contributed by atoms with Gasteiger partial charge in [-0.05, 0) is 77.3 Å². The third-order valence-electron chi connectivity index (χ3n) is 7.33. The first-order chi connectivity index (χ1) is 17.4. The van der Waals surface area contributed by atoms with Gasteiger partial charge in [0.1, 0.15) is 5.82 Å². The second-order valence-corrected chi connectivity index (χ2v) is 12.0. The van der Waals surface area contributed by atoms with E-state index >= 15 is 0 Å². The highest BCUT2D eigenvalue weighted by Gasteiger charge is 2.30. The zero-order valence-electron chi connectivity index (χ0n) is 20.9. The molecule has 2 atom stereocenters. The van der Waals surface area contributed by atoms with Gasteiger partial charge >= 0.3 is 6.18 Å². The fourth-order valence-electron chi connectivity index (χ4n) is 4.84. The molecule has 0 saturated heterocycles. The Morgan fingerprint density at radius 2 is 1.68 bits per heavy atom. The molecule has 0 radical (unpaired) electrons. The van der Waals surface area contributed by atoms with Crippen LogP contribution in [-0.2, 0) is 35.4 Å². The molecule has 198 valence electrons. The highest BCUT2D eigenvalue weighted by atomic mass is 32.2. The Balaban J connectivity index is 1.38. The van der Waals surface area contributed by atoms with Crippen LogP contribution in [0.1, 0.15) is 47.6 Å². The van der Waals surface area contributed by atoms with Crippen molar-refractivity contribution in [2.75, 3.05) is 18.8 Å². The lowest BCUT2D eigenvalue weighted by Crippen LogP contribution is -2.32. The van der Waals surface area contributed by atoms with Gasteiger partial charge in [-0.3, -0.25) is 4.90 Å². The number of hydrogen-bond donors (Lipinski definition) is 0. The van der Waals surface area contributed by atoms with Gasteiger partial charge in [-0.1, -0.05) is 50.2 Å². The number of hydrogen-bond acceptors (Lipinski definition) is 3. The molecule has 8 heteroatoms. The van der Waals surface area contributed by atoms with Gasteiger partial charge in [0.05, 0.1) is 16.2 Å². The van der Waals surface area contributed by atoms with E-state index in [0.29, 0.717) is 42.9 Å². The summed E-state index contributed by atoms with van der Waals surface area (Å²) in [5.41, 5.74) is 2.95. The average Bonchev–Trinajstić information content (AvgIpc) is 2.86. The van der Waals surface area contributed by atoms with Crippen molar-refractivity contribution in [2.45, 2.75) is 50.2 Å². The number of nitrogens with zero attached hydrogens (tertiary/aromatic N) is 1. The summed E-state index contributed by atoms with van der Waals surface area (Å²) in [6.07, 6.45) is -3.16. The zero-order valence-corrected chi connectivity index (χ0v) is 21.7. The molecule has 1 heterocycles. The van der Waals surface area contributed by atoms with E-state index in [4.69, 9.17) is 0 Å². The number of benzene rings is 3. The first-order valence-corrected chi connectivity index (χ1v) is 14.1. The van der Waals surface area contributed by atoms with E-state index in [0.717, 1.165) is 22.8 Å². The molecule has 4 rings (SSSR count). The number of sulfone groups is 1. The molecule has 1 unspecified atom stereocenters. The van der Waals surface area contributed by atoms with Gasteiger partial charge in [0, 0.05) is 19.6 Å². The molecular weight excluding hydrogens is 502 g/mol. The second-order valence-electron chi connectivity index (χ2n) is 10.0. The molecule has 0 bridgehead atoms. The van der Waals surface area contributed by atoms with Gasteiger partial charge in [-0.25, -0.2) is 12.8 Å². The number of rotatable bonds is 8. The summed E-state index contributed by atoms with van der Waals surface area (Å²) >= 11 is 0. The second kappa shape index (κ2) is 11.0. The van der Waals surface area contributed by atoms with Gasteiger partial charge in [-0.2, -0.15) is 13.2 Å². The molecule has 1 aliphatic rings. The number of alkyl halides is 3. The number of fused-ring (bicyclic) bond motifs is 1. The molecular formula is C29H31F4NO2S. The quantitative estimate of drug-likeness (QED) is 0.304. The van der Waals surface area contributed by atoms with Gasteiger partial charge in [0.2, 0.25) is 0 Å². The fraction of sp³-hybridized carbons (Fsp3) is 0.379. The molecule has 0 fully saturated rings. The van der Waals surface area contributed by atoms with Crippen LogP contribution in [-0.4, -0.2) is 32.2 Å². The molecule has 3 nitrogen and oxygen atoms in total. The lowest BCUT2D eigenvalue weighted by molar-refractivity contribution is -0.137. The minimum Gasteiger partial charge on any atom is -0.298 e. The minimum atomic E-state index is -4.35. The summed E-state index contributed by atoms with van der Waals surface area (Å²) in [6, 6.07) is 16.9. The first-order valence-electron chi connectivity index (χ1n) is 12.4. The minimum absolute atomic E-state index is 0.00650. The van der Waals surface area contributed by atoms with Crippen LogP contribution in [0, 0.1) is 11.7 Å². The Hall–Kier alpha value is -2.71. The smallest absolute Gasteiger partial charge is 0.298 e. The van der Waals surface area contributed by atoms with Crippen LogP contribution in [0.15, 0.2) is 71.6 Å². The predicted molar refractivity (Wildman–Crippen MR) is 137 cm³/mol. The van der Waals surface area contributed by atoms with E-state index in [-0.39, 0.29) is 23.4 Å². The van der Waals surface area contributed by atoms with Crippen molar-refractivity contribution in [3.05, 3.63) is 100 Å². The maximum absolute atomic E-state index is 13.2. The molecule has 1 aliphatic heterocycles. The molecule has 0 saturated carbocycles. The van der Waals surface area contributed by atoms with Gasteiger partial charge < -0.3 is 0 Å². The van der Waals surface area contributed by atoms with E-state index < -0.39 is 21.6 Å². The van der Waals surface area contributed by atoms with Crippen LogP contribution >= 0.6 is 0 Å². The summed E-state index contributed by atoms with van der Waals surface area (Å²) in [4.78, 5) is 2.49. The summed E-state index contributed by atoms with van der Waals surface area (Å²) < 4.78 is 78.6. The van der Waals surface area contributed by atoms with Crippen molar-refractivity contribution in [3.8, 4) is 0 Å². The lowest BCUT2D eigenvalue weighted by atomic mass is 9.90.